The third-order valence-electron chi connectivity index (χ3n) is 2.39. The highest BCUT2D eigenvalue weighted by Gasteiger charge is 2.12. The third-order valence-corrected chi connectivity index (χ3v) is 2.39. The van der Waals surface area contributed by atoms with Gasteiger partial charge in [-0.25, -0.2) is 0 Å². The van der Waals surface area contributed by atoms with Gasteiger partial charge in [0.2, 0.25) is 0 Å². The molecule has 17 heavy (non-hydrogen) atoms. The molecule has 0 aliphatic carbocycles. The Bertz CT molecular complexity index is 309. The van der Waals surface area contributed by atoms with Crippen LogP contribution in [0, 0.1) is 0 Å². The summed E-state index contributed by atoms with van der Waals surface area (Å²) in [5.74, 6) is 0.906. The van der Waals surface area contributed by atoms with E-state index in [1.807, 2.05) is 26.1 Å². The second-order valence-electron chi connectivity index (χ2n) is 4.23. The molecule has 1 atom stereocenters. The van der Waals surface area contributed by atoms with Crippen LogP contribution in [-0.2, 0) is 4.74 Å². The van der Waals surface area contributed by atoms with Crippen LogP contribution in [0.3, 0.4) is 0 Å². The summed E-state index contributed by atoms with van der Waals surface area (Å²) in [6.45, 7) is 7.60. The smallest absolute Gasteiger partial charge is 0.119 e. The number of benzene rings is 1. The summed E-state index contributed by atoms with van der Waals surface area (Å²) in [5, 5.41) is 3.16. The van der Waals surface area contributed by atoms with Gasteiger partial charge in [-0.1, -0.05) is 12.1 Å². The Labute approximate surface area is 104 Å². The second kappa shape index (κ2) is 7.30. The number of hydrogen-bond donors (Lipinski definition) is 1. The zero-order valence-corrected chi connectivity index (χ0v) is 11.2. The van der Waals surface area contributed by atoms with Crippen LogP contribution in [0.5, 0.6) is 5.75 Å². The van der Waals surface area contributed by atoms with E-state index in [2.05, 4.69) is 31.3 Å². The fraction of sp³-hybridized carbons (Fsp3) is 0.571. The Morgan fingerprint density at radius 3 is 2.29 bits per heavy atom. The van der Waals surface area contributed by atoms with E-state index in [4.69, 9.17) is 9.47 Å². The van der Waals surface area contributed by atoms with E-state index in [0.29, 0.717) is 6.61 Å². The first kappa shape index (κ1) is 14.0. The molecular formula is C14H23NO2. The lowest BCUT2D eigenvalue weighted by Crippen LogP contribution is -2.22. The van der Waals surface area contributed by atoms with Crippen molar-refractivity contribution in [2.45, 2.75) is 33.0 Å². The van der Waals surface area contributed by atoms with Crippen LogP contribution in [0.2, 0.25) is 0 Å². The Morgan fingerprint density at radius 1 is 1.18 bits per heavy atom. The number of nitrogens with one attached hydrogen (secondary N) is 1. The molecule has 3 heteroatoms. The molecule has 0 bridgehead atoms. The topological polar surface area (TPSA) is 30.5 Å². The quantitative estimate of drug-likeness (QED) is 0.791. The maximum absolute atomic E-state index is 5.87. The molecular weight excluding hydrogens is 214 g/mol. The van der Waals surface area contributed by atoms with Crippen LogP contribution in [0.25, 0.3) is 0 Å². The first-order valence-electron chi connectivity index (χ1n) is 6.20. The molecule has 0 aliphatic heterocycles. The Kier molecular flexibility index (Phi) is 6.01. The van der Waals surface area contributed by atoms with E-state index in [1.165, 1.54) is 5.56 Å². The predicted molar refractivity (Wildman–Crippen MR) is 70.5 cm³/mol. The van der Waals surface area contributed by atoms with Crippen molar-refractivity contribution in [2.24, 2.45) is 0 Å². The summed E-state index contributed by atoms with van der Waals surface area (Å²) in [6.07, 6.45) is 0.315. The number of hydrogen-bond acceptors (Lipinski definition) is 3. The maximum atomic E-state index is 5.87. The molecule has 96 valence electrons. The summed E-state index contributed by atoms with van der Waals surface area (Å²) in [7, 11) is 1.94. The van der Waals surface area contributed by atoms with Gasteiger partial charge >= 0.3 is 0 Å². The van der Waals surface area contributed by atoms with Crippen molar-refractivity contribution in [3.63, 3.8) is 0 Å². The lowest BCUT2D eigenvalue weighted by Gasteiger charge is -2.20. The van der Waals surface area contributed by atoms with Gasteiger partial charge in [0.1, 0.15) is 5.75 Å². The van der Waals surface area contributed by atoms with Gasteiger partial charge in [-0.2, -0.15) is 0 Å². The maximum Gasteiger partial charge on any atom is 0.119 e. The number of likely N-dealkylation sites (N-methyl/N-ethyl adjacent to an activating group) is 1. The average molecular weight is 237 g/mol. The zero-order valence-electron chi connectivity index (χ0n) is 11.2. The molecule has 0 radical (unpaired) electrons. The van der Waals surface area contributed by atoms with Gasteiger partial charge in [0.15, 0.2) is 0 Å². The standard InChI is InChI=1S/C14H23NO2/c1-5-16-13-8-6-12(7-9-13)14(10-15-4)17-11(2)3/h6-9,11,14-15H,5,10H2,1-4H3/t14-/m1/s1. The third kappa shape index (κ3) is 4.75. The summed E-state index contributed by atoms with van der Waals surface area (Å²) < 4.78 is 11.3. The number of rotatable bonds is 7. The second-order valence-corrected chi connectivity index (χ2v) is 4.23. The summed E-state index contributed by atoms with van der Waals surface area (Å²) in [4.78, 5) is 0. The van der Waals surface area contributed by atoms with Crippen LogP contribution in [-0.4, -0.2) is 26.3 Å². The fourth-order valence-corrected chi connectivity index (χ4v) is 1.70. The Balaban J connectivity index is 2.72. The fourth-order valence-electron chi connectivity index (χ4n) is 1.70. The molecule has 0 fully saturated rings. The van der Waals surface area contributed by atoms with Crippen molar-refractivity contribution >= 4 is 0 Å². The highest BCUT2D eigenvalue weighted by molar-refractivity contribution is 5.28. The Hall–Kier alpha value is -1.06. The van der Waals surface area contributed by atoms with Crippen molar-refractivity contribution in [3.05, 3.63) is 29.8 Å². The summed E-state index contributed by atoms with van der Waals surface area (Å²) in [6, 6.07) is 8.11. The van der Waals surface area contributed by atoms with E-state index in [0.717, 1.165) is 12.3 Å². The molecule has 3 nitrogen and oxygen atoms in total. The molecule has 1 rings (SSSR count). The molecule has 0 saturated carbocycles. The molecule has 0 unspecified atom stereocenters. The van der Waals surface area contributed by atoms with Crippen LogP contribution >= 0.6 is 0 Å². The zero-order chi connectivity index (χ0) is 12.7. The highest BCUT2D eigenvalue weighted by atomic mass is 16.5. The molecule has 0 heterocycles. The van der Waals surface area contributed by atoms with Gasteiger partial charge in [-0.3, -0.25) is 0 Å². The lowest BCUT2D eigenvalue weighted by molar-refractivity contribution is 0.00812. The lowest BCUT2D eigenvalue weighted by atomic mass is 10.1. The predicted octanol–water partition coefficient (Wildman–Crippen LogP) is 2.77. The van der Waals surface area contributed by atoms with Crippen molar-refractivity contribution in [3.8, 4) is 5.75 Å². The monoisotopic (exact) mass is 237 g/mol. The molecule has 0 aromatic heterocycles. The van der Waals surface area contributed by atoms with Gasteiger partial charge in [0.25, 0.3) is 0 Å². The first-order chi connectivity index (χ1) is 8.17. The Morgan fingerprint density at radius 2 is 1.82 bits per heavy atom. The minimum Gasteiger partial charge on any atom is -0.494 e. The van der Waals surface area contributed by atoms with Crippen LogP contribution in [0.1, 0.15) is 32.4 Å². The van der Waals surface area contributed by atoms with E-state index < -0.39 is 0 Å². The van der Waals surface area contributed by atoms with Crippen molar-refractivity contribution in [1.82, 2.24) is 5.32 Å². The largest absolute Gasteiger partial charge is 0.494 e. The van der Waals surface area contributed by atoms with Crippen molar-refractivity contribution in [2.75, 3.05) is 20.2 Å². The van der Waals surface area contributed by atoms with Crippen LogP contribution in [0.4, 0.5) is 0 Å². The van der Waals surface area contributed by atoms with Gasteiger partial charge in [0.05, 0.1) is 18.8 Å². The molecule has 0 amide bonds. The highest BCUT2D eigenvalue weighted by Crippen LogP contribution is 2.21. The SMILES string of the molecule is CCOc1ccc([C@@H](CNC)OC(C)C)cc1. The minimum atomic E-state index is 0.0932. The average Bonchev–Trinajstić information content (AvgIpc) is 2.29. The first-order valence-corrected chi connectivity index (χ1v) is 6.20. The van der Waals surface area contributed by atoms with Crippen molar-refractivity contribution in [1.29, 1.82) is 0 Å². The minimum absolute atomic E-state index is 0.0932. The van der Waals surface area contributed by atoms with E-state index in [1.54, 1.807) is 0 Å². The summed E-state index contributed by atoms with van der Waals surface area (Å²) >= 11 is 0. The van der Waals surface area contributed by atoms with Gasteiger partial charge in [0, 0.05) is 6.54 Å². The molecule has 1 N–H and O–H groups in total. The molecule has 0 aliphatic rings. The van der Waals surface area contributed by atoms with Crippen molar-refractivity contribution < 1.29 is 9.47 Å². The molecule has 0 spiro atoms. The molecule has 1 aromatic carbocycles. The van der Waals surface area contributed by atoms with Crippen LogP contribution < -0.4 is 10.1 Å². The van der Waals surface area contributed by atoms with E-state index in [-0.39, 0.29) is 12.2 Å². The van der Waals surface area contributed by atoms with E-state index in [9.17, 15) is 0 Å². The molecule has 0 saturated heterocycles. The van der Waals surface area contributed by atoms with E-state index >= 15 is 0 Å². The number of ether oxygens (including phenoxy) is 2. The van der Waals surface area contributed by atoms with Gasteiger partial charge in [-0.05, 0) is 45.5 Å². The van der Waals surface area contributed by atoms with Crippen LogP contribution in [0.15, 0.2) is 24.3 Å². The van der Waals surface area contributed by atoms with Gasteiger partial charge < -0.3 is 14.8 Å². The normalized spacial score (nSPS) is 12.8. The molecule has 1 aromatic rings. The van der Waals surface area contributed by atoms with Gasteiger partial charge in [-0.15, -0.1) is 0 Å². The summed E-state index contributed by atoms with van der Waals surface area (Å²) in [5.41, 5.74) is 1.18.